The first-order chi connectivity index (χ1) is 19.2. The first kappa shape index (κ1) is 29.0. The van der Waals surface area contributed by atoms with Gasteiger partial charge in [-0.2, -0.15) is 0 Å². The van der Waals surface area contributed by atoms with Gasteiger partial charge in [0.2, 0.25) is 0 Å². The molecule has 1 unspecified atom stereocenters. The molecule has 1 amide bonds. The van der Waals surface area contributed by atoms with Gasteiger partial charge in [-0.1, -0.05) is 62.8 Å². The van der Waals surface area contributed by atoms with Crippen molar-refractivity contribution in [2.75, 3.05) is 18.1 Å². The van der Waals surface area contributed by atoms with E-state index in [0.717, 1.165) is 29.7 Å². The van der Waals surface area contributed by atoms with E-state index in [4.69, 9.17) is 9.47 Å². The van der Waals surface area contributed by atoms with Gasteiger partial charge in [-0.25, -0.2) is 9.78 Å². The summed E-state index contributed by atoms with van der Waals surface area (Å²) in [5, 5.41) is 11.6. The molecule has 2 heterocycles. The number of carbonyl (C=O) groups is 3. The number of hydrogen-bond donors (Lipinski definition) is 1. The molecule has 2 aromatic carbocycles. The average molecular weight is 563 g/mol. The molecular weight excluding hydrogens is 528 g/mol. The smallest absolute Gasteiger partial charge is 0.350 e. The lowest BCUT2D eigenvalue weighted by Gasteiger charge is -2.23. The summed E-state index contributed by atoms with van der Waals surface area (Å²) in [6.45, 7) is 10.4. The predicted molar refractivity (Wildman–Crippen MR) is 155 cm³/mol. The Morgan fingerprint density at radius 1 is 1.07 bits per heavy atom. The van der Waals surface area contributed by atoms with Crippen molar-refractivity contribution in [3.63, 3.8) is 0 Å². The number of hydrogen-bond acceptors (Lipinski definition) is 8. The van der Waals surface area contributed by atoms with Crippen molar-refractivity contribution in [2.45, 2.75) is 59.4 Å². The average Bonchev–Trinajstić information content (AvgIpc) is 3.45. The number of thiazole rings is 1. The van der Waals surface area contributed by atoms with Crippen LogP contribution in [0, 0.1) is 6.92 Å². The second kappa shape index (κ2) is 12.5. The number of carbonyl (C=O) groups excluding carboxylic acids is 3. The number of ketones is 1. The minimum Gasteiger partial charge on any atom is -0.507 e. The molecule has 0 saturated carbocycles. The Labute approximate surface area is 238 Å². The zero-order valence-corrected chi connectivity index (χ0v) is 24.2. The quantitative estimate of drug-likeness (QED) is 0.0981. The van der Waals surface area contributed by atoms with Crippen molar-refractivity contribution in [3.05, 3.63) is 81.4 Å². The van der Waals surface area contributed by atoms with E-state index in [0.29, 0.717) is 29.2 Å². The zero-order valence-electron chi connectivity index (χ0n) is 23.4. The summed E-state index contributed by atoms with van der Waals surface area (Å²) in [4.78, 5) is 45.4. The molecule has 1 fully saturated rings. The Balaban J connectivity index is 1.82. The van der Waals surface area contributed by atoms with Crippen molar-refractivity contribution in [3.8, 4) is 5.75 Å². The molecule has 1 atom stereocenters. The Hall–Kier alpha value is -3.98. The molecule has 4 rings (SSSR count). The maximum atomic E-state index is 13.5. The van der Waals surface area contributed by atoms with E-state index in [1.165, 1.54) is 4.90 Å². The topological polar surface area (TPSA) is 106 Å². The van der Waals surface area contributed by atoms with Gasteiger partial charge in [-0.15, -0.1) is 0 Å². The number of aliphatic hydroxyl groups is 1. The third-order valence-electron chi connectivity index (χ3n) is 6.71. The number of amides is 1. The van der Waals surface area contributed by atoms with Crippen LogP contribution in [0.1, 0.15) is 84.6 Å². The molecule has 40 heavy (non-hydrogen) atoms. The lowest BCUT2D eigenvalue weighted by atomic mass is 9.93. The van der Waals surface area contributed by atoms with E-state index in [9.17, 15) is 19.5 Å². The fourth-order valence-corrected chi connectivity index (χ4v) is 5.47. The van der Waals surface area contributed by atoms with E-state index in [1.807, 2.05) is 24.3 Å². The third-order valence-corrected chi connectivity index (χ3v) is 7.85. The summed E-state index contributed by atoms with van der Waals surface area (Å²) in [7, 11) is 0. The van der Waals surface area contributed by atoms with Crippen LogP contribution in [0.2, 0.25) is 0 Å². The van der Waals surface area contributed by atoms with E-state index in [2.05, 4.69) is 25.8 Å². The van der Waals surface area contributed by atoms with Gasteiger partial charge < -0.3 is 14.6 Å². The van der Waals surface area contributed by atoms with Crippen LogP contribution in [0.5, 0.6) is 5.75 Å². The molecule has 1 aliphatic rings. The Bertz CT molecular complexity index is 1420. The minimum atomic E-state index is -0.942. The molecule has 0 bridgehead atoms. The van der Waals surface area contributed by atoms with Crippen LogP contribution >= 0.6 is 11.3 Å². The Kier molecular flexibility index (Phi) is 9.04. The molecule has 0 radical (unpaired) electrons. The van der Waals surface area contributed by atoms with E-state index >= 15 is 0 Å². The lowest BCUT2D eigenvalue weighted by molar-refractivity contribution is -0.132. The molecule has 1 N–H and O–H groups in total. The van der Waals surface area contributed by atoms with Crippen LogP contribution in [-0.4, -0.2) is 41.0 Å². The van der Waals surface area contributed by atoms with Gasteiger partial charge in [0.05, 0.1) is 30.5 Å². The van der Waals surface area contributed by atoms with E-state index < -0.39 is 23.7 Å². The Morgan fingerprint density at radius 2 is 1.75 bits per heavy atom. The zero-order chi connectivity index (χ0) is 29.0. The predicted octanol–water partition coefficient (Wildman–Crippen LogP) is 6.56. The van der Waals surface area contributed by atoms with Crippen LogP contribution in [-0.2, 0) is 14.3 Å². The summed E-state index contributed by atoms with van der Waals surface area (Å²) in [5.74, 6) is -1.56. The third kappa shape index (κ3) is 5.79. The van der Waals surface area contributed by atoms with Crippen LogP contribution in [0.4, 0.5) is 5.13 Å². The number of nitrogens with zero attached hydrogens (tertiary/aromatic N) is 2. The van der Waals surface area contributed by atoms with Gasteiger partial charge in [0.15, 0.2) is 5.13 Å². The maximum absolute atomic E-state index is 13.5. The van der Waals surface area contributed by atoms with Crippen molar-refractivity contribution in [1.82, 2.24) is 4.98 Å². The normalized spacial score (nSPS) is 16.6. The van der Waals surface area contributed by atoms with Crippen molar-refractivity contribution >= 4 is 39.9 Å². The maximum Gasteiger partial charge on any atom is 0.350 e. The summed E-state index contributed by atoms with van der Waals surface area (Å²) < 4.78 is 10.9. The number of benzene rings is 2. The van der Waals surface area contributed by atoms with Gasteiger partial charge in [0.25, 0.3) is 5.78 Å². The van der Waals surface area contributed by atoms with Gasteiger partial charge in [-0.3, -0.25) is 14.5 Å². The standard InChI is InChI=1S/C31H34N2O6S/c1-6-8-17-39-23-15-13-22(14-16-23)26(34)24-25(21-11-9-20(10-12-21)18(3)4)33(29(36)27(24)35)31-32-19(5)28(40-31)30(37)38-7-2/h9-16,18,25,34H,6-8,17H2,1-5H3. The van der Waals surface area contributed by atoms with Crippen LogP contribution in [0.3, 0.4) is 0 Å². The number of ether oxygens (including phenoxy) is 2. The highest BCUT2D eigenvalue weighted by atomic mass is 32.1. The number of aliphatic hydroxyl groups excluding tert-OH is 1. The molecule has 210 valence electrons. The molecule has 8 nitrogen and oxygen atoms in total. The SMILES string of the molecule is CCCCOc1ccc(C(O)=C2C(=O)C(=O)N(c3nc(C)c(C(=O)OCC)s3)C2c2ccc(C(C)C)cc2)cc1. The van der Waals surface area contributed by atoms with E-state index in [1.54, 1.807) is 38.1 Å². The molecule has 3 aromatic rings. The molecule has 0 spiro atoms. The second-order valence-corrected chi connectivity index (χ2v) is 10.8. The first-order valence-corrected chi connectivity index (χ1v) is 14.3. The number of rotatable bonds is 10. The number of anilines is 1. The summed E-state index contributed by atoms with van der Waals surface area (Å²) in [6, 6.07) is 13.4. The van der Waals surface area contributed by atoms with Crippen LogP contribution in [0.15, 0.2) is 54.1 Å². The highest BCUT2D eigenvalue weighted by Crippen LogP contribution is 2.44. The van der Waals surface area contributed by atoms with Crippen molar-refractivity contribution in [2.24, 2.45) is 0 Å². The molecule has 1 aliphatic heterocycles. The molecule has 9 heteroatoms. The van der Waals surface area contributed by atoms with Gasteiger partial charge in [-0.05, 0) is 61.6 Å². The number of unbranched alkanes of at least 4 members (excludes halogenated alkanes) is 1. The van der Waals surface area contributed by atoms with Crippen LogP contribution in [0.25, 0.3) is 5.76 Å². The fraction of sp³-hybridized carbons (Fsp3) is 0.355. The van der Waals surface area contributed by atoms with Gasteiger partial charge in [0, 0.05) is 5.56 Å². The number of aryl methyl sites for hydroxylation is 1. The lowest BCUT2D eigenvalue weighted by Crippen LogP contribution is -2.29. The van der Waals surface area contributed by atoms with Crippen molar-refractivity contribution < 1.29 is 29.0 Å². The minimum absolute atomic E-state index is 0.0486. The summed E-state index contributed by atoms with van der Waals surface area (Å²) in [6.07, 6.45) is 1.94. The monoisotopic (exact) mass is 562 g/mol. The highest BCUT2D eigenvalue weighted by Gasteiger charge is 2.48. The molecular formula is C31H34N2O6S. The summed E-state index contributed by atoms with van der Waals surface area (Å²) >= 11 is 0.984. The largest absolute Gasteiger partial charge is 0.507 e. The number of aromatic nitrogens is 1. The highest BCUT2D eigenvalue weighted by molar-refractivity contribution is 7.17. The molecule has 1 aromatic heterocycles. The fourth-order valence-electron chi connectivity index (χ4n) is 4.48. The number of esters is 1. The Morgan fingerprint density at radius 3 is 2.35 bits per heavy atom. The first-order valence-electron chi connectivity index (χ1n) is 13.5. The number of Topliss-reactive ketones (excluding diaryl/α,β-unsaturated/α-hetero) is 1. The van der Waals surface area contributed by atoms with Gasteiger partial charge in [0.1, 0.15) is 16.4 Å². The van der Waals surface area contributed by atoms with Crippen LogP contribution < -0.4 is 9.64 Å². The molecule has 1 saturated heterocycles. The molecule has 0 aliphatic carbocycles. The van der Waals surface area contributed by atoms with E-state index in [-0.39, 0.29) is 33.9 Å². The second-order valence-electron chi connectivity index (χ2n) is 9.85. The van der Waals surface area contributed by atoms with Gasteiger partial charge >= 0.3 is 11.9 Å². The summed E-state index contributed by atoms with van der Waals surface area (Å²) in [5.41, 5.74) is 2.46. The van der Waals surface area contributed by atoms with Crippen molar-refractivity contribution in [1.29, 1.82) is 0 Å².